The molecule has 0 aliphatic carbocycles. The van der Waals surface area contributed by atoms with Crippen molar-refractivity contribution in [2.24, 2.45) is 11.7 Å². The molecule has 0 spiro atoms. The molecule has 0 radical (unpaired) electrons. The van der Waals surface area contributed by atoms with Gasteiger partial charge in [-0.2, -0.15) is 5.10 Å². The lowest BCUT2D eigenvalue weighted by Gasteiger charge is -2.34. The Morgan fingerprint density at radius 3 is 2.60 bits per heavy atom. The minimum Gasteiger partial charge on any atom is -0.338 e. The molecule has 160 valence electrons. The first-order valence-electron chi connectivity index (χ1n) is 9.74. The van der Waals surface area contributed by atoms with Crippen LogP contribution in [0.15, 0.2) is 61.1 Å². The zero-order valence-electron chi connectivity index (χ0n) is 16.8. The predicted octanol–water partition coefficient (Wildman–Crippen LogP) is 3.98. The zero-order valence-corrected chi connectivity index (χ0v) is 18.5. The predicted molar refractivity (Wildman–Crippen MR) is 124 cm³/mol. The number of nitrogens with zero attached hydrogens (tertiary/aromatic N) is 4. The lowest BCUT2D eigenvalue weighted by atomic mass is 9.92. The van der Waals surface area contributed by atoms with Gasteiger partial charge in [0.05, 0.1) is 11.3 Å². The molecule has 30 heavy (non-hydrogen) atoms. The number of para-hydroxylation sites is 1. The summed E-state index contributed by atoms with van der Waals surface area (Å²) in [4.78, 5) is 19.5. The van der Waals surface area contributed by atoms with Gasteiger partial charge in [-0.05, 0) is 49.9 Å². The highest BCUT2D eigenvalue weighted by Gasteiger charge is 2.29. The number of rotatable bonds is 4. The summed E-state index contributed by atoms with van der Waals surface area (Å²) in [5.41, 5.74) is 9.11. The van der Waals surface area contributed by atoms with Crippen molar-refractivity contribution in [1.82, 2.24) is 19.7 Å². The first kappa shape index (κ1) is 23.9. The van der Waals surface area contributed by atoms with Crippen molar-refractivity contribution >= 4 is 30.7 Å². The molecule has 8 heteroatoms. The summed E-state index contributed by atoms with van der Waals surface area (Å²) in [5.74, 6) is 0.343. The summed E-state index contributed by atoms with van der Waals surface area (Å²) in [7, 11) is 0. The number of benzene rings is 1. The average Bonchev–Trinajstić information content (AvgIpc) is 3.20. The zero-order chi connectivity index (χ0) is 19.5. The van der Waals surface area contributed by atoms with Crippen LogP contribution in [0.1, 0.15) is 30.1 Å². The topological polar surface area (TPSA) is 77.0 Å². The maximum absolute atomic E-state index is 13.4. The van der Waals surface area contributed by atoms with E-state index in [1.54, 1.807) is 17.1 Å². The number of amides is 1. The normalized spacial score (nSPS) is 16.9. The minimum absolute atomic E-state index is 0. The van der Waals surface area contributed by atoms with Crippen molar-refractivity contribution in [3.8, 4) is 16.9 Å². The first-order valence-corrected chi connectivity index (χ1v) is 9.74. The highest BCUT2D eigenvalue weighted by Crippen LogP contribution is 2.27. The number of carbonyl (C=O) groups is 1. The second-order valence-corrected chi connectivity index (χ2v) is 7.43. The molecule has 2 aromatic heterocycles. The number of likely N-dealkylation sites (tertiary alicyclic amines) is 1. The lowest BCUT2D eigenvalue weighted by Crippen LogP contribution is -2.45. The molecule has 3 aromatic rings. The van der Waals surface area contributed by atoms with E-state index in [9.17, 15) is 4.79 Å². The van der Waals surface area contributed by atoms with E-state index in [-0.39, 0.29) is 36.8 Å². The second-order valence-electron chi connectivity index (χ2n) is 7.43. The maximum atomic E-state index is 13.4. The standard InChI is InChI=1S/C22H25N5O.2ClH/c1-16(23)18-8-6-12-26(14-18)22(28)20-15-27(19-9-3-2-4-10-19)25-21(20)17-7-5-11-24-13-17;;/h2-5,7,9-11,13,15-16,18H,6,8,12,14,23H2,1H3;2*1H. The van der Waals surface area contributed by atoms with Gasteiger partial charge in [0.15, 0.2) is 0 Å². The van der Waals surface area contributed by atoms with Gasteiger partial charge in [0.25, 0.3) is 5.91 Å². The highest BCUT2D eigenvalue weighted by molar-refractivity contribution is 6.00. The Kier molecular flexibility index (Phi) is 8.41. The van der Waals surface area contributed by atoms with Crippen molar-refractivity contribution in [3.63, 3.8) is 0 Å². The number of nitrogens with two attached hydrogens (primary N) is 1. The summed E-state index contributed by atoms with van der Waals surface area (Å²) in [5, 5.41) is 4.73. The van der Waals surface area contributed by atoms with Gasteiger partial charge in [0.1, 0.15) is 5.69 Å². The molecule has 1 aliphatic rings. The second kappa shape index (κ2) is 10.6. The summed E-state index contributed by atoms with van der Waals surface area (Å²) >= 11 is 0. The largest absolute Gasteiger partial charge is 0.338 e. The van der Waals surface area contributed by atoms with E-state index in [0.29, 0.717) is 23.7 Å². The molecule has 4 rings (SSSR count). The smallest absolute Gasteiger partial charge is 0.257 e. The average molecular weight is 448 g/mol. The molecule has 2 atom stereocenters. The van der Waals surface area contributed by atoms with Gasteiger partial charge in [-0.25, -0.2) is 4.68 Å². The Morgan fingerprint density at radius 2 is 1.93 bits per heavy atom. The minimum atomic E-state index is 0. The number of piperidine rings is 1. The molecule has 1 aromatic carbocycles. The van der Waals surface area contributed by atoms with Gasteiger partial charge in [-0.3, -0.25) is 9.78 Å². The molecule has 1 fully saturated rings. The summed E-state index contributed by atoms with van der Waals surface area (Å²) in [6.45, 7) is 3.47. The molecule has 2 N–H and O–H groups in total. The number of hydrogen-bond donors (Lipinski definition) is 1. The van der Waals surface area contributed by atoms with Crippen LogP contribution in [-0.4, -0.2) is 44.7 Å². The number of carbonyl (C=O) groups excluding carboxylic acids is 1. The first-order chi connectivity index (χ1) is 13.6. The third-order valence-electron chi connectivity index (χ3n) is 5.39. The third-order valence-corrected chi connectivity index (χ3v) is 5.39. The summed E-state index contributed by atoms with van der Waals surface area (Å²) < 4.78 is 1.77. The molecule has 6 nitrogen and oxygen atoms in total. The summed E-state index contributed by atoms with van der Waals surface area (Å²) in [6, 6.07) is 13.7. The van der Waals surface area contributed by atoms with Crippen LogP contribution in [0.2, 0.25) is 0 Å². The Hall–Kier alpha value is -2.41. The fourth-order valence-corrected chi connectivity index (χ4v) is 3.75. The molecule has 1 amide bonds. The van der Waals surface area contributed by atoms with Crippen molar-refractivity contribution in [2.75, 3.05) is 13.1 Å². The van der Waals surface area contributed by atoms with E-state index in [1.165, 1.54) is 0 Å². The molecule has 0 bridgehead atoms. The van der Waals surface area contributed by atoms with Crippen molar-refractivity contribution < 1.29 is 4.79 Å². The van der Waals surface area contributed by atoms with Crippen LogP contribution >= 0.6 is 24.8 Å². The maximum Gasteiger partial charge on any atom is 0.257 e. The quantitative estimate of drug-likeness (QED) is 0.655. The number of aromatic nitrogens is 3. The van der Waals surface area contributed by atoms with E-state index in [4.69, 9.17) is 10.8 Å². The molecular weight excluding hydrogens is 421 g/mol. The van der Waals surface area contributed by atoms with Gasteiger partial charge < -0.3 is 10.6 Å². The molecule has 3 heterocycles. The van der Waals surface area contributed by atoms with E-state index < -0.39 is 0 Å². The van der Waals surface area contributed by atoms with Gasteiger partial charge in [-0.15, -0.1) is 24.8 Å². The number of pyridine rings is 1. The number of halogens is 2. The Bertz CT molecular complexity index is 947. The van der Waals surface area contributed by atoms with Crippen LogP contribution in [0.3, 0.4) is 0 Å². The van der Waals surface area contributed by atoms with Crippen LogP contribution in [0.5, 0.6) is 0 Å². The van der Waals surface area contributed by atoms with Crippen LogP contribution in [0.4, 0.5) is 0 Å². The SMILES string of the molecule is CC(N)C1CCCN(C(=O)c2cn(-c3ccccc3)nc2-c2cccnc2)C1.Cl.Cl. The van der Waals surface area contributed by atoms with Gasteiger partial charge in [-0.1, -0.05) is 18.2 Å². The lowest BCUT2D eigenvalue weighted by molar-refractivity contribution is 0.0661. The Balaban J connectivity index is 0.00000160. The molecule has 1 saturated heterocycles. The Morgan fingerprint density at radius 1 is 1.17 bits per heavy atom. The fourth-order valence-electron chi connectivity index (χ4n) is 3.75. The van der Waals surface area contributed by atoms with Crippen molar-refractivity contribution in [1.29, 1.82) is 0 Å². The van der Waals surface area contributed by atoms with Gasteiger partial charge >= 0.3 is 0 Å². The molecule has 0 saturated carbocycles. The summed E-state index contributed by atoms with van der Waals surface area (Å²) in [6.07, 6.45) is 7.34. The van der Waals surface area contributed by atoms with Gasteiger partial charge in [0.2, 0.25) is 0 Å². The van der Waals surface area contributed by atoms with Gasteiger partial charge in [0, 0.05) is 43.3 Å². The molecular formula is C22H27Cl2N5O. The van der Waals surface area contributed by atoms with E-state index in [0.717, 1.165) is 30.6 Å². The van der Waals surface area contributed by atoms with Crippen LogP contribution in [0, 0.1) is 5.92 Å². The molecule has 1 aliphatic heterocycles. The van der Waals surface area contributed by atoms with E-state index in [1.807, 2.05) is 60.5 Å². The van der Waals surface area contributed by atoms with Crippen LogP contribution in [0.25, 0.3) is 16.9 Å². The van der Waals surface area contributed by atoms with Crippen molar-refractivity contribution in [2.45, 2.75) is 25.8 Å². The van der Waals surface area contributed by atoms with Crippen LogP contribution in [-0.2, 0) is 0 Å². The van der Waals surface area contributed by atoms with E-state index >= 15 is 0 Å². The third kappa shape index (κ3) is 5.01. The van der Waals surface area contributed by atoms with Crippen molar-refractivity contribution in [3.05, 3.63) is 66.6 Å². The Labute approximate surface area is 189 Å². The molecule has 2 unspecified atom stereocenters. The monoisotopic (exact) mass is 447 g/mol. The fraction of sp³-hybridized carbons (Fsp3) is 0.318. The number of hydrogen-bond acceptors (Lipinski definition) is 4. The van der Waals surface area contributed by atoms with Crippen LogP contribution < -0.4 is 5.73 Å². The highest BCUT2D eigenvalue weighted by atomic mass is 35.5. The van der Waals surface area contributed by atoms with E-state index in [2.05, 4.69) is 4.98 Å².